The van der Waals surface area contributed by atoms with Crippen molar-refractivity contribution < 1.29 is 29.9 Å². The predicted octanol–water partition coefficient (Wildman–Crippen LogP) is 1.13. The number of aliphatic hydroxyl groups excluding tert-OH is 4. The van der Waals surface area contributed by atoms with Gasteiger partial charge in [-0.2, -0.15) is 0 Å². The number of fused-ring (bicyclic) bond motifs is 1. The number of ether oxygens (including phenoxy) is 2. The lowest BCUT2D eigenvalue weighted by atomic mass is 9.99. The van der Waals surface area contributed by atoms with E-state index >= 15 is 0 Å². The molecule has 1 saturated heterocycles. The molecule has 1 fully saturated rings. The van der Waals surface area contributed by atoms with Gasteiger partial charge >= 0.3 is 0 Å². The third kappa shape index (κ3) is 4.30. The number of aromatic nitrogens is 2. The Kier molecular flexibility index (Phi) is 6.27. The number of hydrogen-bond donors (Lipinski definition) is 4. The van der Waals surface area contributed by atoms with Crippen molar-refractivity contribution in [3.8, 4) is 5.75 Å². The Morgan fingerprint density at radius 3 is 2.42 bits per heavy atom. The smallest absolute Gasteiger partial charge is 0.229 e. The first-order valence-corrected chi connectivity index (χ1v) is 10.4. The Morgan fingerprint density at radius 2 is 1.74 bits per heavy atom. The molecule has 2 heterocycles. The van der Waals surface area contributed by atoms with Gasteiger partial charge in [0, 0.05) is 6.54 Å². The van der Waals surface area contributed by atoms with Crippen LogP contribution in [-0.2, 0) is 17.7 Å². The van der Waals surface area contributed by atoms with Gasteiger partial charge in [-0.15, -0.1) is 0 Å². The largest absolute Gasteiger partial charge is 0.460 e. The molecular formula is C23H28N2O6. The average molecular weight is 428 g/mol. The van der Waals surface area contributed by atoms with E-state index in [2.05, 4.69) is 36.2 Å². The number of hydrogen-bond acceptors (Lipinski definition) is 7. The van der Waals surface area contributed by atoms with E-state index in [-0.39, 0.29) is 0 Å². The molecule has 4 N–H and O–H groups in total. The first-order valence-electron chi connectivity index (χ1n) is 10.4. The molecule has 0 bridgehead atoms. The highest BCUT2D eigenvalue weighted by Crippen LogP contribution is 2.31. The Balaban J connectivity index is 1.66. The van der Waals surface area contributed by atoms with E-state index in [0.717, 1.165) is 28.6 Å². The number of nitrogens with zero attached hydrogens (tertiary/aromatic N) is 2. The van der Waals surface area contributed by atoms with Crippen LogP contribution in [0.3, 0.4) is 0 Å². The van der Waals surface area contributed by atoms with Gasteiger partial charge in [-0.25, -0.2) is 4.98 Å². The maximum absolute atomic E-state index is 10.4. The van der Waals surface area contributed by atoms with E-state index in [9.17, 15) is 20.4 Å². The van der Waals surface area contributed by atoms with Crippen molar-refractivity contribution >= 4 is 11.0 Å². The quantitative estimate of drug-likeness (QED) is 0.465. The highest BCUT2D eigenvalue weighted by molar-refractivity contribution is 5.83. The van der Waals surface area contributed by atoms with E-state index in [1.54, 1.807) is 6.33 Å². The van der Waals surface area contributed by atoms with Gasteiger partial charge in [-0.05, 0) is 42.2 Å². The van der Waals surface area contributed by atoms with Gasteiger partial charge < -0.3 is 34.5 Å². The number of aryl methyl sites for hydroxylation is 2. The number of imidazole rings is 1. The van der Waals surface area contributed by atoms with Crippen molar-refractivity contribution in [3.05, 3.63) is 59.4 Å². The molecule has 0 spiro atoms. The minimum Gasteiger partial charge on any atom is -0.460 e. The van der Waals surface area contributed by atoms with Gasteiger partial charge in [-0.1, -0.05) is 31.2 Å². The van der Waals surface area contributed by atoms with Gasteiger partial charge in [0.1, 0.15) is 35.7 Å². The second-order valence-corrected chi connectivity index (χ2v) is 7.99. The summed E-state index contributed by atoms with van der Waals surface area (Å²) in [7, 11) is 0. The summed E-state index contributed by atoms with van der Waals surface area (Å²) in [6.45, 7) is 4.08. The van der Waals surface area contributed by atoms with E-state index in [0.29, 0.717) is 12.3 Å². The van der Waals surface area contributed by atoms with E-state index < -0.39 is 37.3 Å². The minimum atomic E-state index is -1.50. The number of aliphatic hydroxyl groups is 4. The molecule has 3 aromatic rings. The second kappa shape index (κ2) is 8.94. The number of benzene rings is 2. The summed E-state index contributed by atoms with van der Waals surface area (Å²) in [5.74, 6) is 0.432. The van der Waals surface area contributed by atoms with Gasteiger partial charge in [0.15, 0.2) is 0 Å². The molecule has 8 nitrogen and oxygen atoms in total. The Bertz CT molecular complexity index is 1030. The van der Waals surface area contributed by atoms with E-state index in [4.69, 9.17) is 9.47 Å². The first kappa shape index (κ1) is 21.7. The van der Waals surface area contributed by atoms with Crippen LogP contribution in [-0.4, -0.2) is 67.3 Å². The van der Waals surface area contributed by atoms with Crippen molar-refractivity contribution in [2.24, 2.45) is 0 Å². The lowest BCUT2D eigenvalue weighted by molar-refractivity contribution is -0.277. The highest BCUT2D eigenvalue weighted by Gasteiger charge is 2.44. The van der Waals surface area contributed by atoms with Crippen molar-refractivity contribution in [3.63, 3.8) is 0 Å². The standard InChI is InChI=1S/C23H28N2O6/c1-3-14-4-6-15(7-5-14)10-25-12-24-16-8-13(2)9-17(19(16)25)30-23-22(29)21(28)20(27)18(11-26)31-23/h4-9,12,18,20-23,26-29H,3,10-11H2,1-2H3/t18-,20-,21+,22-,23?/m0/s1. The molecule has 166 valence electrons. The van der Waals surface area contributed by atoms with Crippen LogP contribution in [0.15, 0.2) is 42.7 Å². The molecule has 31 heavy (non-hydrogen) atoms. The van der Waals surface area contributed by atoms with Crippen molar-refractivity contribution in [2.45, 2.75) is 57.5 Å². The Morgan fingerprint density at radius 1 is 1.03 bits per heavy atom. The van der Waals surface area contributed by atoms with Crippen molar-refractivity contribution in [2.75, 3.05) is 6.61 Å². The van der Waals surface area contributed by atoms with Gasteiger partial charge in [-0.3, -0.25) is 0 Å². The molecule has 8 heteroatoms. The van der Waals surface area contributed by atoms with Crippen LogP contribution in [0.4, 0.5) is 0 Å². The summed E-state index contributed by atoms with van der Waals surface area (Å²) in [5, 5.41) is 39.9. The lowest BCUT2D eigenvalue weighted by Crippen LogP contribution is -2.60. The topological polar surface area (TPSA) is 117 Å². The molecule has 1 aliphatic rings. The molecule has 1 aliphatic heterocycles. The fourth-order valence-electron chi connectivity index (χ4n) is 3.88. The maximum atomic E-state index is 10.4. The lowest BCUT2D eigenvalue weighted by Gasteiger charge is -2.39. The molecule has 2 aromatic carbocycles. The van der Waals surface area contributed by atoms with Crippen LogP contribution < -0.4 is 4.74 Å². The molecular weight excluding hydrogens is 400 g/mol. The Hall–Kier alpha value is -2.49. The molecule has 1 aromatic heterocycles. The zero-order chi connectivity index (χ0) is 22.1. The SMILES string of the molecule is CCc1ccc(Cn2cnc3cc(C)cc(OC4O[C@@H](CO)[C@H](O)[C@@H](O)[C@@H]4O)c32)cc1. The summed E-state index contributed by atoms with van der Waals surface area (Å²) in [5.41, 5.74) is 4.73. The average Bonchev–Trinajstić information content (AvgIpc) is 3.17. The summed E-state index contributed by atoms with van der Waals surface area (Å²) in [6.07, 6.45) is -4.00. The fourth-order valence-corrected chi connectivity index (χ4v) is 3.88. The van der Waals surface area contributed by atoms with E-state index in [1.807, 2.05) is 23.6 Å². The summed E-state index contributed by atoms with van der Waals surface area (Å²) < 4.78 is 13.4. The number of rotatable bonds is 6. The summed E-state index contributed by atoms with van der Waals surface area (Å²) in [6, 6.07) is 12.1. The van der Waals surface area contributed by atoms with E-state index in [1.165, 1.54) is 5.56 Å². The molecule has 0 radical (unpaired) electrons. The van der Waals surface area contributed by atoms with Gasteiger partial charge in [0.05, 0.1) is 18.5 Å². The molecule has 4 rings (SSSR count). The molecule has 0 aliphatic carbocycles. The van der Waals surface area contributed by atoms with Crippen LogP contribution in [0.5, 0.6) is 5.75 Å². The van der Waals surface area contributed by atoms with Gasteiger partial charge in [0.2, 0.25) is 6.29 Å². The molecule has 5 atom stereocenters. The molecule has 0 saturated carbocycles. The van der Waals surface area contributed by atoms with Crippen molar-refractivity contribution in [1.82, 2.24) is 9.55 Å². The summed E-state index contributed by atoms with van der Waals surface area (Å²) >= 11 is 0. The zero-order valence-electron chi connectivity index (χ0n) is 17.5. The second-order valence-electron chi connectivity index (χ2n) is 7.99. The van der Waals surface area contributed by atoms with Crippen LogP contribution in [0.2, 0.25) is 0 Å². The third-order valence-corrected chi connectivity index (χ3v) is 5.70. The first-order chi connectivity index (χ1) is 14.9. The molecule has 0 amide bonds. The zero-order valence-corrected chi connectivity index (χ0v) is 17.5. The molecule has 1 unspecified atom stereocenters. The van der Waals surface area contributed by atoms with Crippen LogP contribution in [0.25, 0.3) is 11.0 Å². The summed E-state index contributed by atoms with van der Waals surface area (Å²) in [4.78, 5) is 4.49. The van der Waals surface area contributed by atoms with Crippen LogP contribution in [0.1, 0.15) is 23.6 Å². The highest BCUT2D eigenvalue weighted by atomic mass is 16.7. The normalized spacial score (nSPS) is 26.3. The van der Waals surface area contributed by atoms with Gasteiger partial charge in [0.25, 0.3) is 0 Å². The van der Waals surface area contributed by atoms with Crippen LogP contribution in [0, 0.1) is 6.92 Å². The van der Waals surface area contributed by atoms with Crippen molar-refractivity contribution in [1.29, 1.82) is 0 Å². The minimum absolute atomic E-state index is 0.432. The predicted molar refractivity (Wildman–Crippen MR) is 114 cm³/mol. The Labute approximate surface area is 180 Å². The maximum Gasteiger partial charge on any atom is 0.229 e. The van der Waals surface area contributed by atoms with Crippen LogP contribution >= 0.6 is 0 Å². The third-order valence-electron chi connectivity index (χ3n) is 5.70. The fraction of sp³-hybridized carbons (Fsp3) is 0.435. The monoisotopic (exact) mass is 428 g/mol.